The monoisotopic (exact) mass is 304 g/mol. The fraction of sp³-hybridized carbons (Fsp3) is 0.312. The number of amides is 1. The Hall–Kier alpha value is -1.88. The van der Waals surface area contributed by atoms with Crippen molar-refractivity contribution in [2.45, 2.75) is 19.9 Å². The molecule has 1 aliphatic rings. The fourth-order valence-corrected chi connectivity index (χ4v) is 3.42. The first kappa shape index (κ1) is 14.1. The van der Waals surface area contributed by atoms with Crippen molar-refractivity contribution in [1.29, 1.82) is 0 Å². The van der Waals surface area contributed by atoms with Gasteiger partial charge in [-0.1, -0.05) is 6.07 Å². The predicted octanol–water partition coefficient (Wildman–Crippen LogP) is 3.19. The van der Waals surface area contributed by atoms with E-state index in [9.17, 15) is 9.18 Å². The fourth-order valence-electron chi connectivity index (χ4n) is 2.53. The molecule has 110 valence electrons. The Morgan fingerprint density at radius 3 is 3.14 bits per heavy atom. The maximum absolute atomic E-state index is 13.2. The third kappa shape index (κ3) is 3.08. The van der Waals surface area contributed by atoms with Gasteiger partial charge in [0.05, 0.1) is 6.54 Å². The number of nitrogens with one attached hydrogen (secondary N) is 1. The Bertz CT molecular complexity index is 668. The zero-order valence-corrected chi connectivity index (χ0v) is 12.7. The number of rotatable bonds is 3. The minimum Gasteiger partial charge on any atom is -0.376 e. The molecule has 0 saturated heterocycles. The highest BCUT2D eigenvalue weighted by Crippen LogP contribution is 2.24. The van der Waals surface area contributed by atoms with Crippen molar-refractivity contribution >= 4 is 22.9 Å². The number of aryl methyl sites for hydroxylation is 1. The average Bonchev–Trinajstić information content (AvgIpc) is 2.95. The van der Waals surface area contributed by atoms with E-state index in [0.29, 0.717) is 12.2 Å². The summed E-state index contributed by atoms with van der Waals surface area (Å²) < 4.78 is 13.2. The smallest absolute Gasteiger partial charge is 0.242 e. The van der Waals surface area contributed by atoms with Crippen molar-refractivity contribution in [1.82, 2.24) is 4.90 Å². The molecule has 21 heavy (non-hydrogen) atoms. The van der Waals surface area contributed by atoms with Gasteiger partial charge >= 0.3 is 0 Å². The molecule has 0 atom stereocenters. The van der Waals surface area contributed by atoms with Crippen LogP contribution in [0.15, 0.2) is 29.6 Å². The van der Waals surface area contributed by atoms with Gasteiger partial charge in [0.1, 0.15) is 5.82 Å². The molecule has 0 saturated carbocycles. The molecule has 0 radical (unpaired) electrons. The molecule has 1 aliphatic heterocycles. The third-order valence-electron chi connectivity index (χ3n) is 3.79. The van der Waals surface area contributed by atoms with Crippen LogP contribution in [0, 0.1) is 12.7 Å². The van der Waals surface area contributed by atoms with E-state index in [4.69, 9.17) is 0 Å². The molecule has 2 aromatic rings. The number of carbonyl (C=O) groups is 1. The van der Waals surface area contributed by atoms with E-state index >= 15 is 0 Å². The van der Waals surface area contributed by atoms with Crippen molar-refractivity contribution < 1.29 is 9.18 Å². The zero-order chi connectivity index (χ0) is 14.8. The number of benzene rings is 1. The number of thiophene rings is 1. The van der Waals surface area contributed by atoms with Crippen LogP contribution in [-0.2, 0) is 17.8 Å². The SMILES string of the molecule is Cc1ccc(F)cc1NCC(=O)N1CCc2sccc2C1. The lowest BCUT2D eigenvalue weighted by Gasteiger charge is -2.27. The lowest BCUT2D eigenvalue weighted by Crippen LogP contribution is -2.38. The van der Waals surface area contributed by atoms with Gasteiger partial charge in [-0.3, -0.25) is 4.79 Å². The van der Waals surface area contributed by atoms with Crippen LogP contribution in [0.5, 0.6) is 0 Å². The molecule has 1 aromatic heterocycles. The Morgan fingerprint density at radius 2 is 2.29 bits per heavy atom. The van der Waals surface area contributed by atoms with Gasteiger partial charge in [-0.15, -0.1) is 11.3 Å². The Balaban J connectivity index is 1.61. The minimum absolute atomic E-state index is 0.0514. The Morgan fingerprint density at radius 1 is 1.43 bits per heavy atom. The van der Waals surface area contributed by atoms with Gasteiger partial charge in [0, 0.05) is 23.7 Å². The molecule has 1 aromatic carbocycles. The van der Waals surface area contributed by atoms with Gasteiger partial charge in [0.15, 0.2) is 0 Å². The van der Waals surface area contributed by atoms with E-state index < -0.39 is 0 Å². The zero-order valence-electron chi connectivity index (χ0n) is 11.9. The number of nitrogens with zero attached hydrogens (tertiary/aromatic N) is 1. The second-order valence-electron chi connectivity index (χ2n) is 5.25. The largest absolute Gasteiger partial charge is 0.376 e. The van der Waals surface area contributed by atoms with Crippen LogP contribution in [-0.4, -0.2) is 23.9 Å². The van der Waals surface area contributed by atoms with Gasteiger partial charge in [-0.05, 0) is 48.1 Å². The molecule has 0 aliphatic carbocycles. The molecule has 0 bridgehead atoms. The van der Waals surface area contributed by atoms with Crippen LogP contribution in [0.3, 0.4) is 0 Å². The molecule has 0 fully saturated rings. The molecule has 3 rings (SSSR count). The molecule has 2 heterocycles. The summed E-state index contributed by atoms with van der Waals surface area (Å²) in [7, 11) is 0. The molecule has 1 N–H and O–H groups in total. The van der Waals surface area contributed by atoms with E-state index in [0.717, 1.165) is 18.5 Å². The van der Waals surface area contributed by atoms with Gasteiger partial charge in [0.25, 0.3) is 0 Å². The van der Waals surface area contributed by atoms with Crippen molar-refractivity contribution in [3.05, 3.63) is 51.5 Å². The summed E-state index contributed by atoms with van der Waals surface area (Å²) in [6.07, 6.45) is 0.928. The van der Waals surface area contributed by atoms with E-state index in [-0.39, 0.29) is 18.3 Å². The van der Waals surface area contributed by atoms with Crippen LogP contribution < -0.4 is 5.32 Å². The highest BCUT2D eigenvalue weighted by Gasteiger charge is 2.21. The molecular weight excluding hydrogens is 287 g/mol. The van der Waals surface area contributed by atoms with Crippen LogP contribution in [0.1, 0.15) is 16.0 Å². The standard InChI is InChI=1S/C16H17FN2OS/c1-11-2-3-13(17)8-14(11)18-9-16(20)19-6-4-15-12(10-19)5-7-21-15/h2-3,5,7-8,18H,4,6,9-10H2,1H3. The average molecular weight is 304 g/mol. The van der Waals surface area contributed by atoms with Gasteiger partial charge < -0.3 is 10.2 Å². The van der Waals surface area contributed by atoms with Crippen LogP contribution >= 0.6 is 11.3 Å². The highest BCUT2D eigenvalue weighted by atomic mass is 32.1. The third-order valence-corrected chi connectivity index (χ3v) is 4.81. The number of carbonyl (C=O) groups excluding carboxylic acids is 1. The molecule has 5 heteroatoms. The summed E-state index contributed by atoms with van der Waals surface area (Å²) in [5, 5.41) is 5.12. The number of halogens is 1. The Labute approximate surface area is 127 Å². The lowest BCUT2D eigenvalue weighted by molar-refractivity contribution is -0.130. The lowest BCUT2D eigenvalue weighted by atomic mass is 10.1. The van der Waals surface area contributed by atoms with Gasteiger partial charge in [-0.25, -0.2) is 4.39 Å². The summed E-state index contributed by atoms with van der Waals surface area (Å²) in [5.41, 5.74) is 2.86. The number of hydrogen-bond acceptors (Lipinski definition) is 3. The minimum atomic E-state index is -0.295. The van der Waals surface area contributed by atoms with Crippen LogP contribution in [0.4, 0.5) is 10.1 Å². The summed E-state index contributed by atoms with van der Waals surface area (Å²) in [6.45, 7) is 3.53. The van der Waals surface area contributed by atoms with Crippen molar-refractivity contribution in [3.8, 4) is 0 Å². The molecule has 1 amide bonds. The number of fused-ring (bicyclic) bond motifs is 1. The van der Waals surface area contributed by atoms with Gasteiger partial charge in [0.2, 0.25) is 5.91 Å². The summed E-state index contributed by atoms with van der Waals surface area (Å²) in [5.74, 6) is -0.244. The predicted molar refractivity (Wildman–Crippen MR) is 83.1 cm³/mol. The quantitative estimate of drug-likeness (QED) is 0.944. The summed E-state index contributed by atoms with van der Waals surface area (Å²) in [4.78, 5) is 15.5. The highest BCUT2D eigenvalue weighted by molar-refractivity contribution is 7.10. The van der Waals surface area contributed by atoms with Crippen molar-refractivity contribution in [3.63, 3.8) is 0 Å². The maximum atomic E-state index is 13.2. The van der Waals surface area contributed by atoms with Crippen molar-refractivity contribution in [2.24, 2.45) is 0 Å². The summed E-state index contributed by atoms with van der Waals surface area (Å²) in [6, 6.07) is 6.64. The number of anilines is 1. The second kappa shape index (κ2) is 5.85. The van der Waals surface area contributed by atoms with E-state index in [1.54, 1.807) is 17.4 Å². The normalized spacial score (nSPS) is 13.9. The van der Waals surface area contributed by atoms with E-state index in [1.807, 2.05) is 11.8 Å². The maximum Gasteiger partial charge on any atom is 0.242 e. The Kier molecular flexibility index (Phi) is 3.92. The first-order valence-electron chi connectivity index (χ1n) is 6.96. The molecule has 3 nitrogen and oxygen atoms in total. The van der Waals surface area contributed by atoms with Gasteiger partial charge in [-0.2, -0.15) is 0 Å². The van der Waals surface area contributed by atoms with Crippen LogP contribution in [0.2, 0.25) is 0 Å². The molecule has 0 unspecified atom stereocenters. The van der Waals surface area contributed by atoms with Crippen LogP contribution in [0.25, 0.3) is 0 Å². The first-order chi connectivity index (χ1) is 10.1. The van der Waals surface area contributed by atoms with E-state index in [2.05, 4.69) is 16.8 Å². The topological polar surface area (TPSA) is 32.3 Å². The molecular formula is C16H17FN2OS. The summed E-state index contributed by atoms with van der Waals surface area (Å²) >= 11 is 1.76. The van der Waals surface area contributed by atoms with E-state index in [1.165, 1.54) is 22.6 Å². The van der Waals surface area contributed by atoms with Crippen molar-refractivity contribution in [2.75, 3.05) is 18.4 Å². The number of hydrogen-bond donors (Lipinski definition) is 1. The molecule has 0 spiro atoms. The first-order valence-corrected chi connectivity index (χ1v) is 7.84. The second-order valence-corrected chi connectivity index (χ2v) is 6.25.